The van der Waals surface area contributed by atoms with E-state index in [1.54, 1.807) is 0 Å². The number of rotatable bonds is 35. The van der Waals surface area contributed by atoms with Gasteiger partial charge in [-0.1, -0.05) is 127 Å². The van der Waals surface area contributed by atoms with Crippen LogP contribution in [0.25, 0.3) is 0 Å². The van der Waals surface area contributed by atoms with Gasteiger partial charge < -0.3 is 27.9 Å². The van der Waals surface area contributed by atoms with Crippen LogP contribution in [0.5, 0.6) is 0 Å². The zero-order valence-corrected chi connectivity index (χ0v) is 33.5. The summed E-state index contributed by atoms with van der Waals surface area (Å²) in [6.07, 6.45) is 34.6. The standard InChI is InChI=1S/C40H74NO8P/c1-6-8-10-12-14-16-17-18-19-20-21-22-23-25-27-29-31-33-40(43)49-38(37-48-50(44,45)47-35-34-41(3,4)5)36-46-39(42)32-30-28-26-24-15-13-11-9-7-2/h14,16,18-19,21-22,38H,6-13,15,17,20,23-37H2,1-5H3/b16-14-,19-18-,22-21-/t38-/m1/s1. The second-order valence-corrected chi connectivity index (χ2v) is 15.7. The third-order valence-electron chi connectivity index (χ3n) is 8.16. The molecule has 0 heterocycles. The predicted molar refractivity (Wildman–Crippen MR) is 204 cm³/mol. The van der Waals surface area contributed by atoms with E-state index in [4.69, 9.17) is 18.5 Å². The normalized spacial score (nSPS) is 14.1. The molecule has 10 heteroatoms. The van der Waals surface area contributed by atoms with Crippen LogP contribution in [0, 0.1) is 0 Å². The molecule has 9 nitrogen and oxygen atoms in total. The zero-order chi connectivity index (χ0) is 37.2. The first kappa shape index (κ1) is 48.2. The number of hydrogen-bond acceptors (Lipinski definition) is 8. The highest BCUT2D eigenvalue weighted by Crippen LogP contribution is 2.38. The lowest BCUT2D eigenvalue weighted by Crippen LogP contribution is -2.37. The van der Waals surface area contributed by atoms with E-state index in [0.717, 1.165) is 57.8 Å². The number of phosphoric ester groups is 1. The summed E-state index contributed by atoms with van der Waals surface area (Å²) in [6.45, 7) is 4.13. The molecule has 0 aliphatic rings. The maximum atomic E-state index is 12.6. The smallest absolute Gasteiger partial charge is 0.306 e. The minimum Gasteiger partial charge on any atom is -0.756 e. The van der Waals surface area contributed by atoms with Crippen LogP contribution in [-0.2, 0) is 32.7 Å². The van der Waals surface area contributed by atoms with E-state index in [1.165, 1.54) is 64.2 Å². The van der Waals surface area contributed by atoms with Crippen LogP contribution >= 0.6 is 7.82 Å². The first-order valence-electron chi connectivity index (χ1n) is 19.7. The van der Waals surface area contributed by atoms with Gasteiger partial charge in [0.2, 0.25) is 0 Å². The summed E-state index contributed by atoms with van der Waals surface area (Å²) in [5, 5.41) is 0. The quantitative estimate of drug-likeness (QED) is 0.0209. The number of carbonyl (C=O) groups is 2. The molecule has 0 rings (SSSR count). The Morgan fingerprint density at radius 1 is 0.620 bits per heavy atom. The van der Waals surface area contributed by atoms with E-state index in [0.29, 0.717) is 17.4 Å². The van der Waals surface area contributed by atoms with Gasteiger partial charge in [0.1, 0.15) is 19.8 Å². The van der Waals surface area contributed by atoms with E-state index in [2.05, 4.69) is 50.3 Å². The molecule has 0 N–H and O–H groups in total. The highest BCUT2D eigenvalue weighted by molar-refractivity contribution is 7.45. The molecule has 0 saturated carbocycles. The summed E-state index contributed by atoms with van der Waals surface area (Å²) >= 11 is 0. The lowest BCUT2D eigenvalue weighted by atomic mass is 10.1. The van der Waals surface area contributed by atoms with Gasteiger partial charge >= 0.3 is 11.9 Å². The highest BCUT2D eigenvalue weighted by atomic mass is 31.2. The topological polar surface area (TPSA) is 111 Å². The van der Waals surface area contributed by atoms with E-state index >= 15 is 0 Å². The van der Waals surface area contributed by atoms with E-state index in [9.17, 15) is 19.0 Å². The van der Waals surface area contributed by atoms with Crippen molar-refractivity contribution in [3.05, 3.63) is 36.5 Å². The number of phosphoric acid groups is 1. The molecule has 0 bridgehead atoms. The van der Waals surface area contributed by atoms with Crippen molar-refractivity contribution in [2.24, 2.45) is 0 Å². The molecule has 50 heavy (non-hydrogen) atoms. The van der Waals surface area contributed by atoms with Gasteiger partial charge in [-0.3, -0.25) is 14.2 Å². The number of unbranched alkanes of at least 4 members (excludes halogenated alkanes) is 15. The SMILES string of the molecule is CCCCC/C=C\C/C=C\C/C=C\CCCCCCC(=O)O[C@H](COC(=O)CCCCCCCCCCC)COP(=O)([O-])OCC[N+](C)(C)C. The summed E-state index contributed by atoms with van der Waals surface area (Å²) in [4.78, 5) is 37.3. The van der Waals surface area contributed by atoms with Crippen LogP contribution in [-0.4, -0.2) is 70.0 Å². The van der Waals surface area contributed by atoms with Gasteiger partial charge in [0.25, 0.3) is 7.82 Å². The number of ether oxygens (including phenoxy) is 2. The van der Waals surface area contributed by atoms with Gasteiger partial charge in [0.15, 0.2) is 6.10 Å². The Morgan fingerprint density at radius 2 is 1.08 bits per heavy atom. The highest BCUT2D eigenvalue weighted by Gasteiger charge is 2.21. The Balaban J connectivity index is 4.45. The monoisotopic (exact) mass is 728 g/mol. The number of hydrogen-bond donors (Lipinski definition) is 0. The minimum absolute atomic E-state index is 0.0353. The summed E-state index contributed by atoms with van der Waals surface area (Å²) in [5.74, 6) is -0.864. The zero-order valence-electron chi connectivity index (χ0n) is 32.6. The van der Waals surface area contributed by atoms with Gasteiger partial charge in [-0.2, -0.15) is 0 Å². The van der Waals surface area contributed by atoms with E-state index < -0.39 is 32.5 Å². The van der Waals surface area contributed by atoms with Crippen molar-refractivity contribution in [2.45, 2.75) is 161 Å². The average Bonchev–Trinajstić information content (AvgIpc) is 3.06. The number of quaternary nitrogens is 1. The molecule has 292 valence electrons. The summed E-state index contributed by atoms with van der Waals surface area (Å²) in [5.41, 5.74) is 0. The molecule has 0 aromatic rings. The predicted octanol–water partition coefficient (Wildman–Crippen LogP) is 9.94. The van der Waals surface area contributed by atoms with Gasteiger partial charge in [0, 0.05) is 12.8 Å². The first-order valence-corrected chi connectivity index (χ1v) is 21.2. The third kappa shape index (κ3) is 36.0. The second kappa shape index (κ2) is 33.1. The van der Waals surface area contributed by atoms with Crippen LogP contribution in [0.1, 0.15) is 155 Å². The largest absolute Gasteiger partial charge is 0.756 e. The molecule has 0 aromatic heterocycles. The number of esters is 2. The average molecular weight is 728 g/mol. The fraction of sp³-hybridized carbons (Fsp3) is 0.800. The lowest BCUT2D eigenvalue weighted by molar-refractivity contribution is -0.870. The molecule has 0 radical (unpaired) electrons. The molecule has 0 fully saturated rings. The number of carbonyl (C=O) groups excluding carboxylic acids is 2. The first-order chi connectivity index (χ1) is 24.0. The number of allylic oxidation sites excluding steroid dienone is 6. The van der Waals surface area contributed by atoms with Crippen LogP contribution in [0.2, 0.25) is 0 Å². The molecule has 1 unspecified atom stereocenters. The molecule has 0 amide bonds. The number of likely N-dealkylation sites (N-methyl/N-ethyl adjacent to an activating group) is 1. The Morgan fingerprint density at radius 3 is 1.64 bits per heavy atom. The van der Waals surface area contributed by atoms with Crippen molar-refractivity contribution in [3.8, 4) is 0 Å². The van der Waals surface area contributed by atoms with E-state index in [1.807, 2.05) is 21.1 Å². The maximum absolute atomic E-state index is 12.6. The van der Waals surface area contributed by atoms with Crippen molar-refractivity contribution < 1.29 is 42.1 Å². The van der Waals surface area contributed by atoms with Gasteiger partial charge in [0.05, 0.1) is 27.7 Å². The summed E-state index contributed by atoms with van der Waals surface area (Å²) in [7, 11) is 1.15. The summed E-state index contributed by atoms with van der Waals surface area (Å²) < 4.78 is 33.7. The molecule has 0 spiro atoms. The Labute approximate surface area is 306 Å². The molecule has 0 saturated heterocycles. The van der Waals surface area contributed by atoms with Gasteiger partial charge in [-0.15, -0.1) is 0 Å². The van der Waals surface area contributed by atoms with E-state index in [-0.39, 0.29) is 26.1 Å². The fourth-order valence-corrected chi connectivity index (χ4v) is 5.74. The van der Waals surface area contributed by atoms with Gasteiger partial charge in [-0.25, -0.2) is 0 Å². The van der Waals surface area contributed by atoms with Crippen LogP contribution < -0.4 is 4.89 Å². The Hall–Kier alpha value is -1.77. The Kier molecular flexibility index (Phi) is 31.9. The molecular formula is C40H74NO8P. The van der Waals surface area contributed by atoms with Crippen molar-refractivity contribution in [1.29, 1.82) is 0 Å². The van der Waals surface area contributed by atoms with Crippen LogP contribution in [0.15, 0.2) is 36.5 Å². The lowest BCUT2D eigenvalue weighted by Gasteiger charge is -2.28. The number of nitrogens with zero attached hydrogens (tertiary/aromatic N) is 1. The molecular weight excluding hydrogens is 653 g/mol. The van der Waals surface area contributed by atoms with Crippen molar-refractivity contribution in [3.63, 3.8) is 0 Å². The molecule has 2 atom stereocenters. The van der Waals surface area contributed by atoms with Gasteiger partial charge in [-0.05, 0) is 51.4 Å². The third-order valence-corrected chi connectivity index (χ3v) is 9.13. The molecule has 0 aromatic carbocycles. The van der Waals surface area contributed by atoms with Crippen LogP contribution in [0.4, 0.5) is 0 Å². The Bertz CT molecular complexity index is 959. The summed E-state index contributed by atoms with van der Waals surface area (Å²) in [6, 6.07) is 0. The maximum Gasteiger partial charge on any atom is 0.306 e. The fourth-order valence-electron chi connectivity index (χ4n) is 5.01. The second-order valence-electron chi connectivity index (χ2n) is 14.3. The van der Waals surface area contributed by atoms with Crippen molar-refractivity contribution >= 4 is 19.8 Å². The van der Waals surface area contributed by atoms with Crippen LogP contribution in [0.3, 0.4) is 0 Å². The minimum atomic E-state index is -4.62. The molecule has 0 aliphatic heterocycles. The van der Waals surface area contributed by atoms with Crippen molar-refractivity contribution in [1.82, 2.24) is 0 Å². The van der Waals surface area contributed by atoms with Crippen molar-refractivity contribution in [2.75, 3.05) is 47.5 Å². The molecule has 0 aliphatic carbocycles.